The fourth-order valence-electron chi connectivity index (χ4n) is 4.58. The molecule has 1 aromatic heterocycles. The summed E-state index contributed by atoms with van der Waals surface area (Å²) in [7, 11) is 0. The first kappa shape index (κ1) is 18.0. The highest BCUT2D eigenvalue weighted by molar-refractivity contribution is 5.82. The third-order valence-electron chi connectivity index (χ3n) is 6.67. The third-order valence-corrected chi connectivity index (χ3v) is 6.67. The highest BCUT2D eigenvalue weighted by Crippen LogP contribution is 2.57. The SMILES string of the molecule is CCC1(CC)CC1C(=O)NCc1cccnc1N1CCc2ccccc2C1. The van der Waals surface area contributed by atoms with E-state index in [0.29, 0.717) is 6.54 Å². The van der Waals surface area contributed by atoms with Gasteiger partial charge in [0.25, 0.3) is 0 Å². The van der Waals surface area contributed by atoms with E-state index in [1.807, 2.05) is 12.3 Å². The van der Waals surface area contributed by atoms with Crippen LogP contribution < -0.4 is 10.2 Å². The Morgan fingerprint density at radius 3 is 2.70 bits per heavy atom. The number of rotatable bonds is 6. The van der Waals surface area contributed by atoms with Crippen LogP contribution in [0.4, 0.5) is 5.82 Å². The molecule has 1 aliphatic carbocycles. The minimum atomic E-state index is 0.189. The van der Waals surface area contributed by atoms with E-state index in [2.05, 4.69) is 59.4 Å². The summed E-state index contributed by atoms with van der Waals surface area (Å²) in [6.07, 6.45) is 6.10. The molecule has 142 valence electrons. The van der Waals surface area contributed by atoms with E-state index in [1.54, 1.807) is 0 Å². The molecule has 1 N–H and O–H groups in total. The monoisotopic (exact) mass is 363 g/mol. The number of hydrogen-bond acceptors (Lipinski definition) is 3. The van der Waals surface area contributed by atoms with E-state index in [0.717, 1.165) is 50.2 Å². The molecule has 1 fully saturated rings. The molecule has 4 rings (SSSR count). The lowest BCUT2D eigenvalue weighted by atomic mass is 9.97. The lowest BCUT2D eigenvalue weighted by Crippen LogP contribution is -2.33. The Balaban J connectivity index is 1.44. The van der Waals surface area contributed by atoms with Crippen LogP contribution in [0.2, 0.25) is 0 Å². The van der Waals surface area contributed by atoms with E-state index in [4.69, 9.17) is 0 Å². The molecule has 0 spiro atoms. The average molecular weight is 364 g/mol. The number of fused-ring (bicyclic) bond motifs is 1. The van der Waals surface area contributed by atoms with Crippen LogP contribution in [0.25, 0.3) is 0 Å². The molecule has 1 saturated carbocycles. The van der Waals surface area contributed by atoms with Crippen molar-refractivity contribution in [1.29, 1.82) is 0 Å². The van der Waals surface area contributed by atoms with Gasteiger partial charge >= 0.3 is 0 Å². The Morgan fingerprint density at radius 2 is 1.96 bits per heavy atom. The molecule has 1 unspecified atom stereocenters. The number of amides is 1. The second-order valence-electron chi connectivity index (χ2n) is 7.97. The number of benzene rings is 1. The van der Waals surface area contributed by atoms with E-state index >= 15 is 0 Å². The number of carbonyl (C=O) groups excluding carboxylic acids is 1. The number of aromatic nitrogens is 1. The molecule has 0 radical (unpaired) electrons. The fourth-order valence-corrected chi connectivity index (χ4v) is 4.58. The number of nitrogens with zero attached hydrogens (tertiary/aromatic N) is 2. The predicted octanol–water partition coefficient (Wildman–Crippen LogP) is 4.09. The van der Waals surface area contributed by atoms with Crippen LogP contribution in [-0.4, -0.2) is 17.4 Å². The Labute approximate surface area is 162 Å². The number of anilines is 1. The molecule has 4 nitrogen and oxygen atoms in total. The van der Waals surface area contributed by atoms with Crippen molar-refractivity contribution < 1.29 is 4.79 Å². The summed E-state index contributed by atoms with van der Waals surface area (Å²) in [6, 6.07) is 12.7. The zero-order valence-electron chi connectivity index (χ0n) is 16.4. The Hall–Kier alpha value is -2.36. The van der Waals surface area contributed by atoms with Gasteiger partial charge in [-0.25, -0.2) is 4.98 Å². The van der Waals surface area contributed by atoms with Crippen LogP contribution >= 0.6 is 0 Å². The van der Waals surface area contributed by atoms with Crippen LogP contribution in [-0.2, 0) is 24.3 Å². The van der Waals surface area contributed by atoms with Gasteiger partial charge in [0.15, 0.2) is 0 Å². The molecule has 1 atom stereocenters. The summed E-state index contributed by atoms with van der Waals surface area (Å²) in [5.41, 5.74) is 4.16. The Bertz CT molecular complexity index is 828. The van der Waals surface area contributed by atoms with Gasteiger partial charge in [-0.1, -0.05) is 44.2 Å². The summed E-state index contributed by atoms with van der Waals surface area (Å²) < 4.78 is 0. The van der Waals surface area contributed by atoms with Gasteiger partial charge in [-0.05, 0) is 48.3 Å². The minimum Gasteiger partial charge on any atom is -0.352 e. The first-order chi connectivity index (χ1) is 13.2. The molecule has 2 aromatic rings. The largest absolute Gasteiger partial charge is 0.352 e. The topological polar surface area (TPSA) is 45.2 Å². The summed E-state index contributed by atoms with van der Waals surface area (Å²) in [4.78, 5) is 19.6. The van der Waals surface area contributed by atoms with Gasteiger partial charge in [-0.2, -0.15) is 0 Å². The molecule has 1 aromatic carbocycles. The van der Waals surface area contributed by atoms with Crippen LogP contribution in [0.15, 0.2) is 42.6 Å². The molecule has 1 amide bonds. The summed E-state index contributed by atoms with van der Waals surface area (Å²) in [5, 5.41) is 3.18. The fraction of sp³-hybridized carbons (Fsp3) is 0.478. The molecule has 4 heteroatoms. The van der Waals surface area contributed by atoms with Crippen molar-refractivity contribution in [2.45, 2.75) is 52.6 Å². The summed E-state index contributed by atoms with van der Waals surface area (Å²) in [6.45, 7) is 6.80. The van der Waals surface area contributed by atoms with E-state index < -0.39 is 0 Å². The van der Waals surface area contributed by atoms with Gasteiger partial charge < -0.3 is 10.2 Å². The molecular formula is C23H29N3O. The van der Waals surface area contributed by atoms with Gasteiger partial charge in [-0.3, -0.25) is 4.79 Å². The smallest absolute Gasteiger partial charge is 0.223 e. The lowest BCUT2D eigenvalue weighted by Gasteiger charge is -2.31. The molecule has 2 heterocycles. The molecule has 1 aliphatic heterocycles. The van der Waals surface area contributed by atoms with E-state index in [9.17, 15) is 4.79 Å². The number of carbonyl (C=O) groups is 1. The Kier molecular flexibility index (Phi) is 4.90. The standard InChI is InChI=1S/C23H29N3O/c1-3-23(4-2)14-20(23)22(27)25-15-18-10-7-12-24-21(18)26-13-11-17-8-5-6-9-19(17)16-26/h5-10,12,20H,3-4,11,13-16H2,1-2H3,(H,25,27). The molecular weight excluding hydrogens is 334 g/mol. The minimum absolute atomic E-state index is 0.189. The van der Waals surface area contributed by atoms with Gasteiger partial charge in [0.2, 0.25) is 5.91 Å². The van der Waals surface area contributed by atoms with Crippen molar-refractivity contribution >= 4 is 11.7 Å². The van der Waals surface area contributed by atoms with E-state index in [-0.39, 0.29) is 17.2 Å². The van der Waals surface area contributed by atoms with Gasteiger partial charge in [0.1, 0.15) is 5.82 Å². The van der Waals surface area contributed by atoms with Crippen LogP contribution in [0.3, 0.4) is 0 Å². The molecule has 27 heavy (non-hydrogen) atoms. The van der Waals surface area contributed by atoms with Crippen LogP contribution in [0, 0.1) is 11.3 Å². The van der Waals surface area contributed by atoms with Gasteiger partial charge in [0, 0.05) is 37.3 Å². The van der Waals surface area contributed by atoms with Crippen molar-refractivity contribution in [3.8, 4) is 0 Å². The van der Waals surface area contributed by atoms with Crippen LogP contribution in [0.1, 0.15) is 49.8 Å². The van der Waals surface area contributed by atoms with Crippen molar-refractivity contribution in [2.75, 3.05) is 11.4 Å². The second kappa shape index (κ2) is 7.34. The third kappa shape index (κ3) is 3.45. The van der Waals surface area contributed by atoms with Crippen molar-refractivity contribution in [3.05, 3.63) is 59.3 Å². The predicted molar refractivity (Wildman–Crippen MR) is 108 cm³/mol. The van der Waals surface area contributed by atoms with E-state index in [1.165, 1.54) is 11.1 Å². The number of hydrogen-bond donors (Lipinski definition) is 1. The first-order valence-corrected chi connectivity index (χ1v) is 10.2. The van der Waals surface area contributed by atoms with Crippen molar-refractivity contribution in [1.82, 2.24) is 10.3 Å². The van der Waals surface area contributed by atoms with Gasteiger partial charge in [0.05, 0.1) is 0 Å². The zero-order chi connectivity index (χ0) is 18.9. The maximum absolute atomic E-state index is 12.6. The quantitative estimate of drug-likeness (QED) is 0.841. The summed E-state index contributed by atoms with van der Waals surface area (Å²) >= 11 is 0. The zero-order valence-corrected chi connectivity index (χ0v) is 16.4. The highest BCUT2D eigenvalue weighted by atomic mass is 16.2. The number of nitrogens with one attached hydrogen (secondary N) is 1. The molecule has 0 bridgehead atoms. The van der Waals surface area contributed by atoms with Crippen molar-refractivity contribution in [3.63, 3.8) is 0 Å². The normalized spacial score (nSPS) is 20.1. The van der Waals surface area contributed by atoms with Crippen molar-refractivity contribution in [2.24, 2.45) is 11.3 Å². The Morgan fingerprint density at radius 1 is 1.19 bits per heavy atom. The van der Waals surface area contributed by atoms with Crippen LogP contribution in [0.5, 0.6) is 0 Å². The van der Waals surface area contributed by atoms with Gasteiger partial charge in [-0.15, -0.1) is 0 Å². The average Bonchev–Trinajstić information content (AvgIpc) is 3.47. The highest BCUT2D eigenvalue weighted by Gasteiger charge is 2.55. The number of pyridine rings is 1. The molecule has 0 saturated heterocycles. The lowest BCUT2D eigenvalue weighted by molar-refractivity contribution is -0.123. The molecule has 2 aliphatic rings. The first-order valence-electron chi connectivity index (χ1n) is 10.2. The maximum atomic E-state index is 12.6. The second-order valence-corrected chi connectivity index (χ2v) is 7.97. The maximum Gasteiger partial charge on any atom is 0.223 e. The summed E-state index contributed by atoms with van der Waals surface area (Å²) in [5.74, 6) is 1.40.